The van der Waals surface area contributed by atoms with Crippen LogP contribution >= 0.6 is 0 Å². The number of nitrogens with zero attached hydrogens (tertiary/aromatic N) is 2. The molecule has 2 amide bonds. The SMILES string of the molecule is CCC(=O)Nc1cc(C(=O)NCc2cccc(C)c2)nn1-c1ccccc1. The lowest BCUT2D eigenvalue weighted by Crippen LogP contribution is -2.23. The molecule has 2 aromatic carbocycles. The highest BCUT2D eigenvalue weighted by atomic mass is 16.2. The minimum atomic E-state index is -0.293. The summed E-state index contributed by atoms with van der Waals surface area (Å²) in [5, 5.41) is 10.1. The number of para-hydroxylation sites is 1. The van der Waals surface area contributed by atoms with E-state index in [2.05, 4.69) is 15.7 Å². The lowest BCUT2D eigenvalue weighted by atomic mass is 10.1. The predicted octanol–water partition coefficient (Wildman–Crippen LogP) is 3.46. The van der Waals surface area contributed by atoms with Gasteiger partial charge in [-0.15, -0.1) is 0 Å². The molecule has 0 aliphatic carbocycles. The van der Waals surface area contributed by atoms with Gasteiger partial charge in [0.05, 0.1) is 5.69 Å². The molecule has 0 fully saturated rings. The fraction of sp³-hybridized carbons (Fsp3) is 0.190. The average Bonchev–Trinajstić information content (AvgIpc) is 3.10. The van der Waals surface area contributed by atoms with E-state index in [-0.39, 0.29) is 17.5 Å². The Labute approximate surface area is 158 Å². The van der Waals surface area contributed by atoms with Crippen molar-refractivity contribution in [3.05, 3.63) is 77.5 Å². The Morgan fingerprint density at radius 3 is 2.52 bits per heavy atom. The van der Waals surface area contributed by atoms with Crippen LogP contribution in [-0.4, -0.2) is 21.6 Å². The molecule has 0 atom stereocenters. The number of hydrogen-bond donors (Lipinski definition) is 2. The molecule has 0 aliphatic heterocycles. The maximum atomic E-state index is 12.6. The second-order valence-electron chi connectivity index (χ2n) is 6.24. The third-order valence-electron chi connectivity index (χ3n) is 4.07. The number of hydrogen-bond acceptors (Lipinski definition) is 3. The van der Waals surface area contributed by atoms with E-state index in [1.807, 2.05) is 61.5 Å². The highest BCUT2D eigenvalue weighted by molar-refractivity contribution is 5.95. The van der Waals surface area contributed by atoms with Crippen molar-refractivity contribution in [3.63, 3.8) is 0 Å². The van der Waals surface area contributed by atoms with Crippen molar-refractivity contribution in [2.24, 2.45) is 0 Å². The Bertz CT molecular complexity index is 948. The van der Waals surface area contributed by atoms with Crippen LogP contribution in [0.25, 0.3) is 5.69 Å². The third kappa shape index (κ3) is 4.61. The molecule has 6 nitrogen and oxygen atoms in total. The second-order valence-corrected chi connectivity index (χ2v) is 6.24. The number of carbonyl (C=O) groups excluding carboxylic acids is 2. The zero-order chi connectivity index (χ0) is 19.2. The number of aryl methyl sites for hydroxylation is 1. The van der Waals surface area contributed by atoms with Crippen molar-refractivity contribution in [2.45, 2.75) is 26.8 Å². The predicted molar refractivity (Wildman–Crippen MR) is 105 cm³/mol. The van der Waals surface area contributed by atoms with Gasteiger partial charge in [-0.1, -0.05) is 55.0 Å². The first-order valence-corrected chi connectivity index (χ1v) is 8.86. The molecule has 3 rings (SSSR count). The summed E-state index contributed by atoms with van der Waals surface area (Å²) in [5.41, 5.74) is 3.17. The smallest absolute Gasteiger partial charge is 0.272 e. The van der Waals surface area contributed by atoms with Crippen LogP contribution in [0.5, 0.6) is 0 Å². The summed E-state index contributed by atoms with van der Waals surface area (Å²) in [4.78, 5) is 24.4. The number of aromatic nitrogens is 2. The number of carbonyl (C=O) groups is 2. The maximum Gasteiger partial charge on any atom is 0.272 e. The summed E-state index contributed by atoms with van der Waals surface area (Å²) in [7, 11) is 0. The van der Waals surface area contributed by atoms with E-state index in [0.29, 0.717) is 18.8 Å². The van der Waals surface area contributed by atoms with Gasteiger partial charge in [-0.2, -0.15) is 5.10 Å². The van der Waals surface area contributed by atoms with Crippen molar-refractivity contribution in [3.8, 4) is 5.69 Å². The van der Waals surface area contributed by atoms with E-state index < -0.39 is 0 Å². The fourth-order valence-corrected chi connectivity index (χ4v) is 2.67. The molecule has 0 radical (unpaired) electrons. The first kappa shape index (κ1) is 18.4. The van der Waals surface area contributed by atoms with Gasteiger partial charge < -0.3 is 10.6 Å². The molecule has 1 aromatic heterocycles. The molecule has 0 unspecified atom stereocenters. The van der Waals surface area contributed by atoms with Crippen LogP contribution < -0.4 is 10.6 Å². The van der Waals surface area contributed by atoms with Crippen LogP contribution in [0, 0.1) is 6.92 Å². The van der Waals surface area contributed by atoms with Gasteiger partial charge in [-0.3, -0.25) is 9.59 Å². The molecule has 138 valence electrons. The lowest BCUT2D eigenvalue weighted by molar-refractivity contribution is -0.115. The Balaban J connectivity index is 1.82. The molecular weight excluding hydrogens is 340 g/mol. The zero-order valence-corrected chi connectivity index (χ0v) is 15.4. The molecule has 0 bridgehead atoms. The van der Waals surface area contributed by atoms with Crippen molar-refractivity contribution < 1.29 is 9.59 Å². The Kier molecular flexibility index (Phi) is 5.66. The van der Waals surface area contributed by atoms with Gasteiger partial charge in [0.25, 0.3) is 5.91 Å². The highest BCUT2D eigenvalue weighted by Crippen LogP contribution is 2.18. The molecule has 3 aromatic rings. The largest absolute Gasteiger partial charge is 0.347 e. The van der Waals surface area contributed by atoms with E-state index in [9.17, 15) is 9.59 Å². The van der Waals surface area contributed by atoms with Gasteiger partial charge in [0.15, 0.2) is 5.69 Å². The van der Waals surface area contributed by atoms with Gasteiger partial charge in [-0.25, -0.2) is 4.68 Å². The van der Waals surface area contributed by atoms with Crippen LogP contribution in [0.4, 0.5) is 5.82 Å². The van der Waals surface area contributed by atoms with E-state index in [1.165, 1.54) is 0 Å². The molecule has 2 N–H and O–H groups in total. The molecule has 0 spiro atoms. The van der Waals surface area contributed by atoms with E-state index >= 15 is 0 Å². The molecule has 0 aliphatic rings. The summed E-state index contributed by atoms with van der Waals surface area (Å²) in [5.74, 6) is 0.0331. The Morgan fingerprint density at radius 2 is 1.81 bits per heavy atom. The Hall–Kier alpha value is -3.41. The normalized spacial score (nSPS) is 10.4. The standard InChI is InChI=1S/C21H22N4O2/c1-3-20(26)23-19-13-18(24-25(19)17-10-5-4-6-11-17)21(27)22-14-16-9-7-8-15(2)12-16/h4-13H,3,14H2,1-2H3,(H,22,27)(H,23,26). The molecule has 0 saturated heterocycles. The van der Waals surface area contributed by atoms with Crippen LogP contribution in [0.3, 0.4) is 0 Å². The monoisotopic (exact) mass is 362 g/mol. The molecule has 0 saturated carbocycles. The number of amides is 2. The van der Waals surface area contributed by atoms with E-state index in [1.54, 1.807) is 17.7 Å². The highest BCUT2D eigenvalue weighted by Gasteiger charge is 2.16. The van der Waals surface area contributed by atoms with E-state index in [0.717, 1.165) is 16.8 Å². The number of benzene rings is 2. The van der Waals surface area contributed by atoms with Gasteiger partial charge in [0.1, 0.15) is 5.82 Å². The van der Waals surface area contributed by atoms with Crippen LogP contribution in [0.1, 0.15) is 35.0 Å². The van der Waals surface area contributed by atoms with Gasteiger partial charge in [0, 0.05) is 19.0 Å². The quantitative estimate of drug-likeness (QED) is 0.705. The molecule has 27 heavy (non-hydrogen) atoms. The number of anilines is 1. The maximum absolute atomic E-state index is 12.6. The molecule has 1 heterocycles. The van der Waals surface area contributed by atoms with Crippen LogP contribution in [0.15, 0.2) is 60.7 Å². The topological polar surface area (TPSA) is 76.0 Å². The van der Waals surface area contributed by atoms with Crippen molar-refractivity contribution >= 4 is 17.6 Å². The third-order valence-corrected chi connectivity index (χ3v) is 4.07. The average molecular weight is 362 g/mol. The summed E-state index contributed by atoms with van der Waals surface area (Å²) < 4.78 is 1.56. The van der Waals surface area contributed by atoms with Crippen LogP contribution in [-0.2, 0) is 11.3 Å². The fourth-order valence-electron chi connectivity index (χ4n) is 2.67. The summed E-state index contributed by atoms with van der Waals surface area (Å²) in [6, 6.07) is 18.9. The minimum Gasteiger partial charge on any atom is -0.347 e. The van der Waals surface area contributed by atoms with Gasteiger partial charge >= 0.3 is 0 Å². The number of nitrogens with one attached hydrogen (secondary N) is 2. The van der Waals surface area contributed by atoms with Crippen LogP contribution in [0.2, 0.25) is 0 Å². The second kappa shape index (κ2) is 8.31. The van der Waals surface area contributed by atoms with Crippen molar-refractivity contribution in [1.29, 1.82) is 0 Å². The molecular formula is C21H22N4O2. The molecule has 6 heteroatoms. The zero-order valence-electron chi connectivity index (χ0n) is 15.4. The summed E-state index contributed by atoms with van der Waals surface area (Å²) in [6.45, 7) is 4.19. The lowest BCUT2D eigenvalue weighted by Gasteiger charge is -2.07. The number of rotatable bonds is 6. The first-order chi connectivity index (χ1) is 13.1. The summed E-state index contributed by atoms with van der Waals surface area (Å²) >= 11 is 0. The van der Waals surface area contributed by atoms with Gasteiger partial charge in [-0.05, 0) is 24.6 Å². The summed E-state index contributed by atoms with van der Waals surface area (Å²) in [6.07, 6.45) is 0.342. The van der Waals surface area contributed by atoms with Crippen molar-refractivity contribution in [2.75, 3.05) is 5.32 Å². The van der Waals surface area contributed by atoms with Gasteiger partial charge in [0.2, 0.25) is 5.91 Å². The first-order valence-electron chi connectivity index (χ1n) is 8.86. The minimum absolute atomic E-state index is 0.140. The Morgan fingerprint density at radius 1 is 1.04 bits per heavy atom. The van der Waals surface area contributed by atoms with E-state index in [4.69, 9.17) is 0 Å². The van der Waals surface area contributed by atoms with Crippen molar-refractivity contribution in [1.82, 2.24) is 15.1 Å².